The Morgan fingerprint density at radius 1 is 1.08 bits per heavy atom. The van der Waals surface area contributed by atoms with Gasteiger partial charge >= 0.3 is 0 Å². The van der Waals surface area contributed by atoms with E-state index in [0.29, 0.717) is 33.3 Å². The molecule has 3 rings (SSSR count). The molecule has 2 aromatic rings. The standard InChI is InChI=1S/C17H15ClN2O4/c1-9-5-10(16(21)19-2)3-4-13(9)20-17(22)11-6-12(18)15-14(7-11)23-8-24-15/h3-7H,8H2,1-2H3,(H,19,21)(H,20,22). The molecule has 0 aromatic heterocycles. The van der Waals surface area contributed by atoms with Crippen molar-refractivity contribution in [3.05, 3.63) is 52.0 Å². The van der Waals surface area contributed by atoms with Crippen molar-refractivity contribution in [2.24, 2.45) is 0 Å². The van der Waals surface area contributed by atoms with Gasteiger partial charge in [-0.05, 0) is 42.8 Å². The van der Waals surface area contributed by atoms with Crippen molar-refractivity contribution in [3.63, 3.8) is 0 Å². The SMILES string of the molecule is CNC(=O)c1ccc(NC(=O)c2cc(Cl)c3c(c2)OCO3)c(C)c1. The molecule has 7 heteroatoms. The smallest absolute Gasteiger partial charge is 0.255 e. The van der Waals surface area contributed by atoms with Crippen molar-refractivity contribution in [2.45, 2.75) is 6.92 Å². The first kappa shape index (κ1) is 16.1. The molecule has 0 unspecified atom stereocenters. The number of fused-ring (bicyclic) bond motifs is 1. The maximum absolute atomic E-state index is 12.4. The molecule has 2 amide bonds. The number of nitrogens with one attached hydrogen (secondary N) is 2. The lowest BCUT2D eigenvalue weighted by molar-refractivity contribution is 0.0962. The van der Waals surface area contributed by atoms with Gasteiger partial charge in [0.05, 0.1) is 5.02 Å². The van der Waals surface area contributed by atoms with E-state index >= 15 is 0 Å². The molecule has 0 bridgehead atoms. The summed E-state index contributed by atoms with van der Waals surface area (Å²) in [5, 5.41) is 5.68. The van der Waals surface area contributed by atoms with Gasteiger partial charge in [-0.3, -0.25) is 9.59 Å². The summed E-state index contributed by atoms with van der Waals surface area (Å²) < 4.78 is 10.5. The number of rotatable bonds is 3. The van der Waals surface area contributed by atoms with Crippen LogP contribution in [-0.2, 0) is 0 Å². The second kappa shape index (κ2) is 6.41. The second-order valence-electron chi connectivity index (χ2n) is 5.25. The molecule has 1 heterocycles. The van der Waals surface area contributed by atoms with E-state index in [9.17, 15) is 9.59 Å². The Balaban J connectivity index is 1.83. The number of halogens is 1. The highest BCUT2D eigenvalue weighted by Gasteiger charge is 2.21. The van der Waals surface area contributed by atoms with Crippen LogP contribution in [0.2, 0.25) is 5.02 Å². The lowest BCUT2D eigenvalue weighted by atomic mass is 10.1. The van der Waals surface area contributed by atoms with Crippen molar-refractivity contribution >= 4 is 29.1 Å². The van der Waals surface area contributed by atoms with Crippen LogP contribution in [0.15, 0.2) is 30.3 Å². The van der Waals surface area contributed by atoms with Crippen molar-refractivity contribution in [1.82, 2.24) is 5.32 Å². The summed E-state index contributed by atoms with van der Waals surface area (Å²) in [6, 6.07) is 8.15. The Kier molecular flexibility index (Phi) is 4.31. The van der Waals surface area contributed by atoms with E-state index in [1.165, 1.54) is 6.07 Å². The van der Waals surface area contributed by atoms with Crippen molar-refractivity contribution in [2.75, 3.05) is 19.2 Å². The van der Waals surface area contributed by atoms with Crippen molar-refractivity contribution < 1.29 is 19.1 Å². The minimum Gasteiger partial charge on any atom is -0.454 e. The van der Waals surface area contributed by atoms with E-state index in [2.05, 4.69) is 10.6 Å². The quantitative estimate of drug-likeness (QED) is 0.895. The molecule has 24 heavy (non-hydrogen) atoms. The summed E-state index contributed by atoms with van der Waals surface area (Å²) in [5.74, 6) is 0.378. The molecule has 0 fully saturated rings. The third-order valence-electron chi connectivity index (χ3n) is 3.65. The van der Waals surface area contributed by atoms with Gasteiger partial charge in [0.2, 0.25) is 6.79 Å². The van der Waals surface area contributed by atoms with E-state index in [0.717, 1.165) is 5.56 Å². The number of amides is 2. The molecular formula is C17H15ClN2O4. The van der Waals surface area contributed by atoms with Crippen LogP contribution >= 0.6 is 11.6 Å². The van der Waals surface area contributed by atoms with Gasteiger partial charge in [-0.15, -0.1) is 0 Å². The zero-order valence-corrected chi connectivity index (χ0v) is 13.9. The molecule has 2 aromatic carbocycles. The Hall–Kier alpha value is -2.73. The number of aryl methyl sites for hydroxylation is 1. The molecule has 0 saturated heterocycles. The largest absolute Gasteiger partial charge is 0.454 e. The van der Waals surface area contributed by atoms with Gasteiger partial charge < -0.3 is 20.1 Å². The van der Waals surface area contributed by atoms with Gasteiger partial charge in [0.15, 0.2) is 11.5 Å². The molecule has 1 aliphatic rings. The first-order valence-corrected chi connectivity index (χ1v) is 7.60. The van der Waals surface area contributed by atoms with Gasteiger partial charge in [-0.2, -0.15) is 0 Å². The van der Waals surface area contributed by atoms with Gasteiger partial charge in [-0.1, -0.05) is 11.6 Å². The second-order valence-corrected chi connectivity index (χ2v) is 5.66. The van der Waals surface area contributed by atoms with Crippen LogP contribution in [0.25, 0.3) is 0 Å². The summed E-state index contributed by atoms with van der Waals surface area (Å²) in [4.78, 5) is 24.1. The predicted octanol–water partition coefficient (Wildman–Crippen LogP) is 2.99. The average molecular weight is 347 g/mol. The summed E-state index contributed by atoms with van der Waals surface area (Å²) in [5.41, 5.74) is 2.27. The zero-order chi connectivity index (χ0) is 17.3. The summed E-state index contributed by atoms with van der Waals surface area (Å²) >= 11 is 6.10. The fourth-order valence-electron chi connectivity index (χ4n) is 2.38. The minimum atomic E-state index is -0.328. The Morgan fingerprint density at radius 3 is 2.58 bits per heavy atom. The molecule has 6 nitrogen and oxygen atoms in total. The zero-order valence-electron chi connectivity index (χ0n) is 13.1. The molecular weight excluding hydrogens is 332 g/mol. The number of anilines is 1. The first-order valence-electron chi connectivity index (χ1n) is 7.23. The van der Waals surface area contributed by atoms with Crippen LogP contribution in [0, 0.1) is 6.92 Å². The van der Waals surface area contributed by atoms with E-state index in [-0.39, 0.29) is 18.6 Å². The predicted molar refractivity (Wildman–Crippen MR) is 90.1 cm³/mol. The maximum atomic E-state index is 12.4. The van der Waals surface area contributed by atoms with Crippen LogP contribution in [0.5, 0.6) is 11.5 Å². The van der Waals surface area contributed by atoms with Crippen LogP contribution in [0.3, 0.4) is 0 Å². The lowest BCUT2D eigenvalue weighted by Gasteiger charge is -2.11. The highest BCUT2D eigenvalue weighted by atomic mass is 35.5. The average Bonchev–Trinajstić information content (AvgIpc) is 3.05. The Morgan fingerprint density at radius 2 is 1.88 bits per heavy atom. The van der Waals surface area contributed by atoms with Gasteiger partial charge in [0.1, 0.15) is 0 Å². The lowest BCUT2D eigenvalue weighted by Crippen LogP contribution is -2.18. The summed E-state index contributed by atoms with van der Waals surface area (Å²) in [6.07, 6.45) is 0. The number of benzene rings is 2. The third kappa shape index (κ3) is 3.00. The van der Waals surface area contributed by atoms with Crippen LogP contribution in [0.1, 0.15) is 26.3 Å². The van der Waals surface area contributed by atoms with Crippen molar-refractivity contribution in [3.8, 4) is 11.5 Å². The van der Waals surface area contributed by atoms with Crippen LogP contribution in [0.4, 0.5) is 5.69 Å². The van der Waals surface area contributed by atoms with Crippen LogP contribution < -0.4 is 20.1 Å². The summed E-state index contributed by atoms with van der Waals surface area (Å²) in [6.45, 7) is 1.90. The van der Waals surface area contributed by atoms with Gasteiger partial charge in [0, 0.05) is 23.9 Å². The molecule has 0 aliphatic carbocycles. The minimum absolute atomic E-state index is 0.0835. The van der Waals surface area contributed by atoms with E-state index in [1.54, 1.807) is 31.3 Å². The molecule has 1 aliphatic heterocycles. The number of ether oxygens (including phenoxy) is 2. The molecule has 2 N–H and O–H groups in total. The van der Waals surface area contributed by atoms with Gasteiger partial charge in [-0.25, -0.2) is 0 Å². The first-order chi connectivity index (χ1) is 11.5. The number of hydrogen-bond donors (Lipinski definition) is 2. The third-order valence-corrected chi connectivity index (χ3v) is 3.93. The Bertz CT molecular complexity index is 836. The molecule has 0 spiro atoms. The molecule has 0 saturated carbocycles. The fourth-order valence-corrected chi connectivity index (χ4v) is 2.65. The fraction of sp³-hybridized carbons (Fsp3) is 0.176. The normalized spacial score (nSPS) is 12.0. The maximum Gasteiger partial charge on any atom is 0.255 e. The molecule has 0 radical (unpaired) electrons. The highest BCUT2D eigenvalue weighted by molar-refractivity contribution is 6.32. The van der Waals surface area contributed by atoms with Crippen molar-refractivity contribution in [1.29, 1.82) is 0 Å². The number of carbonyl (C=O) groups excluding carboxylic acids is 2. The van der Waals surface area contributed by atoms with Crippen LogP contribution in [-0.4, -0.2) is 25.7 Å². The van der Waals surface area contributed by atoms with E-state index in [1.807, 2.05) is 6.92 Å². The molecule has 124 valence electrons. The topological polar surface area (TPSA) is 76.7 Å². The van der Waals surface area contributed by atoms with Gasteiger partial charge in [0.25, 0.3) is 11.8 Å². The Labute approximate surface area is 143 Å². The molecule has 0 atom stereocenters. The highest BCUT2D eigenvalue weighted by Crippen LogP contribution is 2.39. The van der Waals surface area contributed by atoms with E-state index in [4.69, 9.17) is 21.1 Å². The van der Waals surface area contributed by atoms with E-state index < -0.39 is 0 Å². The number of hydrogen-bond acceptors (Lipinski definition) is 4. The summed E-state index contributed by atoms with van der Waals surface area (Å²) in [7, 11) is 1.57. The number of carbonyl (C=O) groups is 2. The monoisotopic (exact) mass is 346 g/mol.